The molecule has 0 aromatic heterocycles. The van der Waals surface area contributed by atoms with E-state index in [0.29, 0.717) is 5.02 Å². The molecule has 2 rings (SSSR count). The van der Waals surface area contributed by atoms with Gasteiger partial charge in [-0.2, -0.15) is 0 Å². The maximum absolute atomic E-state index is 12.8. The molecule has 0 amide bonds. The molecule has 2 aromatic carbocycles. The molecule has 0 heterocycles. The van der Waals surface area contributed by atoms with Crippen LogP contribution in [0.5, 0.6) is 5.75 Å². The van der Waals surface area contributed by atoms with Gasteiger partial charge in [0.05, 0.1) is 5.02 Å². The van der Waals surface area contributed by atoms with Crippen LogP contribution in [-0.4, -0.2) is 25.0 Å². The first-order valence-electron chi connectivity index (χ1n) is 6.48. The fourth-order valence-corrected chi connectivity index (χ4v) is 2.10. The first-order valence-corrected chi connectivity index (χ1v) is 7.23. The van der Waals surface area contributed by atoms with Gasteiger partial charge < -0.3 is 9.47 Å². The van der Waals surface area contributed by atoms with E-state index in [0.717, 1.165) is 12.1 Å². The van der Waals surface area contributed by atoms with E-state index in [9.17, 15) is 14.0 Å². The van der Waals surface area contributed by atoms with Crippen molar-refractivity contribution in [1.29, 1.82) is 0 Å². The number of benzene rings is 2. The van der Waals surface area contributed by atoms with Gasteiger partial charge in [0.25, 0.3) is 0 Å². The molecule has 4 nitrogen and oxygen atoms in total. The molecule has 0 radical (unpaired) electrons. The maximum atomic E-state index is 12.8. The highest BCUT2D eigenvalue weighted by atomic mass is 35.5. The highest BCUT2D eigenvalue weighted by Crippen LogP contribution is 2.27. The summed E-state index contributed by atoms with van der Waals surface area (Å²) in [5.74, 6) is -1.35. The molecular formula is C16H11Cl2FO4. The van der Waals surface area contributed by atoms with E-state index in [1.165, 1.54) is 24.3 Å². The lowest BCUT2D eigenvalue weighted by atomic mass is 10.1. The van der Waals surface area contributed by atoms with Crippen molar-refractivity contribution < 1.29 is 23.5 Å². The number of carbonyl (C=O) groups excluding carboxylic acids is 2. The third-order valence-corrected chi connectivity index (χ3v) is 3.30. The summed E-state index contributed by atoms with van der Waals surface area (Å²) in [5, 5.41) is 0.697. The molecule has 0 spiro atoms. The number of hydrogen-bond donors (Lipinski definition) is 0. The van der Waals surface area contributed by atoms with Gasteiger partial charge >= 0.3 is 5.97 Å². The second-order valence-electron chi connectivity index (χ2n) is 4.45. The Balaban J connectivity index is 1.81. The van der Waals surface area contributed by atoms with Crippen LogP contribution in [0.15, 0.2) is 42.5 Å². The number of ketones is 1. The Morgan fingerprint density at radius 2 is 1.70 bits per heavy atom. The first-order chi connectivity index (χ1) is 11.0. The summed E-state index contributed by atoms with van der Waals surface area (Å²) in [6, 6.07) is 9.49. The Morgan fingerprint density at radius 1 is 1.00 bits per heavy atom. The minimum Gasteiger partial charge on any atom is -0.480 e. The molecular weight excluding hydrogens is 346 g/mol. The molecule has 0 N–H and O–H groups in total. The summed E-state index contributed by atoms with van der Waals surface area (Å²) in [6.07, 6.45) is 0. The summed E-state index contributed by atoms with van der Waals surface area (Å²) < 4.78 is 22.7. The highest BCUT2D eigenvalue weighted by Gasteiger charge is 2.11. The second-order valence-corrected chi connectivity index (χ2v) is 5.30. The zero-order chi connectivity index (χ0) is 16.8. The first kappa shape index (κ1) is 17.2. The molecule has 0 atom stereocenters. The number of carbonyl (C=O) groups is 2. The van der Waals surface area contributed by atoms with Crippen LogP contribution in [0.1, 0.15) is 10.4 Å². The fraction of sp³-hybridized carbons (Fsp3) is 0.125. The maximum Gasteiger partial charge on any atom is 0.344 e. The normalized spacial score (nSPS) is 10.2. The van der Waals surface area contributed by atoms with Gasteiger partial charge in [-0.15, -0.1) is 0 Å². The quantitative estimate of drug-likeness (QED) is 0.581. The van der Waals surface area contributed by atoms with Crippen molar-refractivity contribution in [3.8, 4) is 5.75 Å². The zero-order valence-corrected chi connectivity index (χ0v) is 13.2. The Morgan fingerprint density at radius 3 is 2.35 bits per heavy atom. The Bertz CT molecular complexity index is 717. The van der Waals surface area contributed by atoms with E-state index < -0.39 is 30.8 Å². The van der Waals surface area contributed by atoms with Crippen LogP contribution in [0.25, 0.3) is 0 Å². The van der Waals surface area contributed by atoms with Gasteiger partial charge in [0, 0.05) is 10.6 Å². The highest BCUT2D eigenvalue weighted by molar-refractivity contribution is 6.35. The van der Waals surface area contributed by atoms with E-state index in [2.05, 4.69) is 0 Å². The van der Waals surface area contributed by atoms with E-state index in [1.807, 2.05) is 0 Å². The monoisotopic (exact) mass is 356 g/mol. The standard InChI is InChI=1S/C16H11Cl2FO4/c17-11-3-6-15(13(18)7-11)22-9-16(21)23-8-14(20)10-1-4-12(19)5-2-10/h1-7H,8-9H2. The largest absolute Gasteiger partial charge is 0.480 e. The molecule has 120 valence electrons. The van der Waals surface area contributed by atoms with Crippen molar-refractivity contribution in [1.82, 2.24) is 0 Å². The molecule has 7 heteroatoms. The predicted octanol–water partition coefficient (Wildman–Crippen LogP) is 3.94. The van der Waals surface area contributed by atoms with Crippen molar-refractivity contribution in [2.75, 3.05) is 13.2 Å². The SMILES string of the molecule is O=C(COc1ccc(Cl)cc1Cl)OCC(=O)c1ccc(F)cc1. The lowest BCUT2D eigenvalue weighted by molar-refractivity contribution is -0.144. The van der Waals surface area contributed by atoms with Gasteiger partial charge in [0.15, 0.2) is 19.0 Å². The average molecular weight is 357 g/mol. The molecule has 0 saturated heterocycles. The van der Waals surface area contributed by atoms with Gasteiger partial charge in [-0.25, -0.2) is 9.18 Å². The summed E-state index contributed by atoms with van der Waals surface area (Å²) in [7, 11) is 0. The van der Waals surface area contributed by atoms with Gasteiger partial charge in [-0.1, -0.05) is 23.2 Å². The van der Waals surface area contributed by atoms with Crippen LogP contribution in [0.4, 0.5) is 4.39 Å². The minimum absolute atomic E-state index is 0.251. The summed E-state index contributed by atoms with van der Waals surface area (Å²) in [5.41, 5.74) is 0.251. The fourth-order valence-electron chi connectivity index (χ4n) is 1.64. The molecule has 0 aliphatic rings. The molecule has 0 aliphatic heterocycles. The van der Waals surface area contributed by atoms with Crippen LogP contribution in [-0.2, 0) is 9.53 Å². The number of ether oxygens (including phenoxy) is 2. The molecule has 0 aliphatic carbocycles. The van der Waals surface area contributed by atoms with E-state index >= 15 is 0 Å². The van der Waals surface area contributed by atoms with Gasteiger partial charge in [-0.05, 0) is 42.5 Å². The van der Waals surface area contributed by atoms with Crippen molar-refractivity contribution in [3.63, 3.8) is 0 Å². The third-order valence-electron chi connectivity index (χ3n) is 2.77. The Labute approximate surface area is 141 Å². The predicted molar refractivity (Wildman–Crippen MR) is 83.6 cm³/mol. The Kier molecular flexibility index (Phi) is 5.96. The lowest BCUT2D eigenvalue weighted by Crippen LogP contribution is -2.19. The Hall–Kier alpha value is -2.11. The molecule has 0 bridgehead atoms. The van der Waals surface area contributed by atoms with Crippen LogP contribution < -0.4 is 4.74 Å². The molecule has 0 unspecified atom stereocenters. The van der Waals surface area contributed by atoms with Crippen molar-refractivity contribution >= 4 is 35.0 Å². The van der Waals surface area contributed by atoms with Crippen LogP contribution in [0, 0.1) is 5.82 Å². The van der Waals surface area contributed by atoms with Crippen molar-refractivity contribution in [3.05, 3.63) is 63.9 Å². The smallest absolute Gasteiger partial charge is 0.344 e. The number of Topliss-reactive ketones (excluding diaryl/α,β-unsaturated/α-hetero) is 1. The van der Waals surface area contributed by atoms with Gasteiger partial charge in [-0.3, -0.25) is 4.79 Å². The van der Waals surface area contributed by atoms with Crippen LogP contribution in [0.3, 0.4) is 0 Å². The number of esters is 1. The molecule has 0 saturated carbocycles. The summed E-state index contributed by atoms with van der Waals surface area (Å²) in [6.45, 7) is -0.861. The molecule has 23 heavy (non-hydrogen) atoms. The number of rotatable bonds is 6. The number of hydrogen-bond acceptors (Lipinski definition) is 4. The van der Waals surface area contributed by atoms with E-state index in [-0.39, 0.29) is 16.3 Å². The van der Waals surface area contributed by atoms with Gasteiger partial charge in [0.2, 0.25) is 0 Å². The van der Waals surface area contributed by atoms with Crippen molar-refractivity contribution in [2.45, 2.75) is 0 Å². The zero-order valence-electron chi connectivity index (χ0n) is 11.7. The topological polar surface area (TPSA) is 52.6 Å². The lowest BCUT2D eigenvalue weighted by Gasteiger charge is -2.08. The van der Waals surface area contributed by atoms with Crippen LogP contribution in [0.2, 0.25) is 10.0 Å². The minimum atomic E-state index is -0.730. The summed E-state index contributed by atoms with van der Waals surface area (Å²) >= 11 is 11.6. The second kappa shape index (κ2) is 7.94. The average Bonchev–Trinajstić information content (AvgIpc) is 2.52. The van der Waals surface area contributed by atoms with E-state index in [1.54, 1.807) is 6.07 Å². The molecule has 2 aromatic rings. The van der Waals surface area contributed by atoms with Crippen molar-refractivity contribution in [2.24, 2.45) is 0 Å². The van der Waals surface area contributed by atoms with Crippen LogP contribution >= 0.6 is 23.2 Å². The molecule has 0 fully saturated rings. The van der Waals surface area contributed by atoms with Gasteiger partial charge in [0.1, 0.15) is 11.6 Å². The summed E-state index contributed by atoms with van der Waals surface area (Å²) in [4.78, 5) is 23.3. The third kappa shape index (κ3) is 5.23. The van der Waals surface area contributed by atoms with E-state index in [4.69, 9.17) is 32.7 Å². The number of halogens is 3.